The van der Waals surface area contributed by atoms with E-state index in [1.165, 1.54) is 0 Å². The van der Waals surface area contributed by atoms with Gasteiger partial charge in [0.1, 0.15) is 23.2 Å². The van der Waals surface area contributed by atoms with Crippen LogP contribution in [0.4, 0.5) is 17.3 Å². The molecule has 1 aromatic carbocycles. The van der Waals surface area contributed by atoms with E-state index in [-0.39, 0.29) is 5.41 Å². The smallest absolute Gasteiger partial charge is 0.142 e. The fourth-order valence-electron chi connectivity index (χ4n) is 1.87. The van der Waals surface area contributed by atoms with E-state index in [0.717, 1.165) is 17.0 Å². The number of rotatable bonds is 3. The number of nitrogen functional groups attached to an aromatic ring is 1. The molecule has 0 aliphatic heterocycles. The Hall–Kier alpha value is -2.30. The molecule has 0 aliphatic rings. The number of nitrogens with one attached hydrogen (secondary N) is 1. The van der Waals surface area contributed by atoms with Gasteiger partial charge in [-0.1, -0.05) is 32.9 Å². The van der Waals surface area contributed by atoms with E-state index in [2.05, 4.69) is 36.1 Å². The molecule has 0 amide bonds. The Labute approximate surface area is 125 Å². The average Bonchev–Trinajstić information content (AvgIpc) is 2.43. The van der Waals surface area contributed by atoms with Gasteiger partial charge in [0.2, 0.25) is 0 Å². The minimum atomic E-state index is -0.168. The molecule has 0 aliphatic carbocycles. The van der Waals surface area contributed by atoms with E-state index in [4.69, 9.17) is 10.5 Å². The van der Waals surface area contributed by atoms with Crippen molar-refractivity contribution in [3.8, 4) is 5.75 Å². The molecule has 112 valence electrons. The van der Waals surface area contributed by atoms with E-state index in [1.807, 2.05) is 31.2 Å². The fraction of sp³-hybridized carbons (Fsp3) is 0.375. The van der Waals surface area contributed by atoms with Crippen molar-refractivity contribution in [2.45, 2.75) is 33.1 Å². The first-order chi connectivity index (χ1) is 9.82. The van der Waals surface area contributed by atoms with Crippen molar-refractivity contribution in [2.24, 2.45) is 0 Å². The van der Waals surface area contributed by atoms with Gasteiger partial charge in [0.05, 0.1) is 12.8 Å². The fourth-order valence-corrected chi connectivity index (χ4v) is 1.87. The van der Waals surface area contributed by atoms with Crippen LogP contribution in [0.15, 0.2) is 24.3 Å². The summed E-state index contributed by atoms with van der Waals surface area (Å²) in [7, 11) is 1.64. The minimum Gasteiger partial charge on any atom is -0.495 e. The molecular weight excluding hydrogens is 264 g/mol. The second kappa shape index (κ2) is 5.60. The highest BCUT2D eigenvalue weighted by molar-refractivity contribution is 5.68. The van der Waals surface area contributed by atoms with Gasteiger partial charge in [-0.05, 0) is 19.1 Å². The zero-order chi connectivity index (χ0) is 15.6. The van der Waals surface area contributed by atoms with Crippen LogP contribution in [0.25, 0.3) is 0 Å². The highest BCUT2D eigenvalue weighted by Gasteiger charge is 2.20. The maximum atomic E-state index is 6.02. The third-order valence-electron chi connectivity index (χ3n) is 3.21. The van der Waals surface area contributed by atoms with Crippen LogP contribution in [0.2, 0.25) is 0 Å². The van der Waals surface area contributed by atoms with Gasteiger partial charge < -0.3 is 15.8 Å². The van der Waals surface area contributed by atoms with E-state index >= 15 is 0 Å². The second-order valence-corrected chi connectivity index (χ2v) is 5.98. The van der Waals surface area contributed by atoms with Crippen LogP contribution in [0, 0.1) is 6.92 Å². The molecule has 21 heavy (non-hydrogen) atoms. The summed E-state index contributed by atoms with van der Waals surface area (Å²) in [5, 5.41) is 3.29. The molecule has 0 unspecified atom stereocenters. The van der Waals surface area contributed by atoms with Gasteiger partial charge in [-0.15, -0.1) is 0 Å². The van der Waals surface area contributed by atoms with Gasteiger partial charge in [-0.3, -0.25) is 0 Å². The maximum absolute atomic E-state index is 6.02. The Morgan fingerprint density at radius 3 is 2.43 bits per heavy atom. The molecule has 1 heterocycles. The van der Waals surface area contributed by atoms with Crippen LogP contribution >= 0.6 is 0 Å². The largest absolute Gasteiger partial charge is 0.495 e. The number of hydrogen-bond acceptors (Lipinski definition) is 5. The molecule has 0 fully saturated rings. The Bertz CT molecular complexity index is 647. The number of ether oxygens (including phenoxy) is 1. The lowest BCUT2D eigenvalue weighted by Crippen LogP contribution is -2.19. The van der Waals surface area contributed by atoms with Crippen molar-refractivity contribution in [2.75, 3.05) is 18.2 Å². The summed E-state index contributed by atoms with van der Waals surface area (Å²) in [4.78, 5) is 9.00. The zero-order valence-corrected chi connectivity index (χ0v) is 13.2. The molecule has 0 spiro atoms. The molecule has 0 saturated heterocycles. The number of hydrogen-bond donors (Lipinski definition) is 2. The molecule has 1 aromatic heterocycles. The summed E-state index contributed by atoms with van der Waals surface area (Å²) in [6.45, 7) is 8.08. The van der Waals surface area contributed by atoms with Crippen LogP contribution < -0.4 is 15.8 Å². The molecule has 5 nitrogen and oxygen atoms in total. The Morgan fingerprint density at radius 1 is 1.14 bits per heavy atom. The molecule has 3 N–H and O–H groups in total. The molecule has 0 atom stereocenters. The number of anilines is 3. The van der Waals surface area contributed by atoms with E-state index < -0.39 is 0 Å². The third-order valence-corrected chi connectivity index (χ3v) is 3.21. The lowest BCUT2D eigenvalue weighted by molar-refractivity contribution is 0.417. The second-order valence-electron chi connectivity index (χ2n) is 5.98. The van der Waals surface area contributed by atoms with Crippen LogP contribution in [-0.4, -0.2) is 17.1 Å². The molecule has 0 bridgehead atoms. The minimum absolute atomic E-state index is 0.168. The highest BCUT2D eigenvalue weighted by Crippen LogP contribution is 2.30. The maximum Gasteiger partial charge on any atom is 0.142 e. The quantitative estimate of drug-likeness (QED) is 0.904. The van der Waals surface area contributed by atoms with Gasteiger partial charge in [-0.2, -0.15) is 0 Å². The van der Waals surface area contributed by atoms with Gasteiger partial charge in [-0.25, -0.2) is 9.97 Å². The summed E-state index contributed by atoms with van der Waals surface area (Å²) in [5.74, 6) is 2.67. The highest BCUT2D eigenvalue weighted by atomic mass is 16.5. The summed E-state index contributed by atoms with van der Waals surface area (Å²) in [5.41, 5.74) is 7.53. The van der Waals surface area contributed by atoms with E-state index in [0.29, 0.717) is 17.5 Å². The van der Waals surface area contributed by atoms with Gasteiger partial charge in [0.25, 0.3) is 0 Å². The molecule has 0 radical (unpaired) electrons. The molecular formula is C16H22N4O. The normalized spacial score (nSPS) is 11.3. The van der Waals surface area contributed by atoms with E-state index in [9.17, 15) is 0 Å². The average molecular weight is 286 g/mol. The van der Waals surface area contributed by atoms with Gasteiger partial charge in [0, 0.05) is 11.0 Å². The van der Waals surface area contributed by atoms with Crippen molar-refractivity contribution in [1.82, 2.24) is 9.97 Å². The van der Waals surface area contributed by atoms with Crippen LogP contribution in [-0.2, 0) is 5.41 Å². The summed E-state index contributed by atoms with van der Waals surface area (Å²) < 4.78 is 5.35. The molecule has 0 saturated carbocycles. The third kappa shape index (κ3) is 3.24. The Balaban J connectivity index is 2.46. The summed E-state index contributed by atoms with van der Waals surface area (Å²) >= 11 is 0. The number of aromatic nitrogens is 2. The molecule has 5 heteroatoms. The summed E-state index contributed by atoms with van der Waals surface area (Å²) in [6, 6.07) is 7.70. The standard InChI is InChI=1S/C16H22N4O/c1-10-13(17)19-15(16(2,3)4)20-14(10)18-11-8-6-7-9-12(11)21-5/h6-9H,1-5H3,(H3,17,18,19,20). The molecule has 2 aromatic rings. The first kappa shape index (κ1) is 15.1. The van der Waals surface area contributed by atoms with Crippen LogP contribution in [0.5, 0.6) is 5.75 Å². The van der Waals surface area contributed by atoms with Crippen molar-refractivity contribution in [3.63, 3.8) is 0 Å². The SMILES string of the molecule is COc1ccccc1Nc1nc(C(C)(C)C)nc(N)c1C. The lowest BCUT2D eigenvalue weighted by Gasteiger charge is -2.20. The number of methoxy groups -OCH3 is 1. The Morgan fingerprint density at radius 2 is 1.81 bits per heavy atom. The zero-order valence-electron chi connectivity index (χ0n) is 13.2. The predicted octanol–water partition coefficient (Wildman–Crippen LogP) is 3.42. The number of nitrogens with two attached hydrogens (primary N) is 1. The van der Waals surface area contributed by atoms with Gasteiger partial charge in [0.15, 0.2) is 0 Å². The number of nitrogens with zero attached hydrogens (tertiary/aromatic N) is 2. The molecule has 2 rings (SSSR count). The van der Waals surface area contributed by atoms with E-state index in [1.54, 1.807) is 7.11 Å². The summed E-state index contributed by atoms with van der Waals surface area (Å²) in [6.07, 6.45) is 0. The van der Waals surface area contributed by atoms with Crippen molar-refractivity contribution in [1.29, 1.82) is 0 Å². The van der Waals surface area contributed by atoms with Crippen molar-refractivity contribution < 1.29 is 4.74 Å². The monoisotopic (exact) mass is 286 g/mol. The topological polar surface area (TPSA) is 73.1 Å². The Kier molecular flexibility index (Phi) is 4.02. The first-order valence-corrected chi connectivity index (χ1v) is 6.87. The lowest BCUT2D eigenvalue weighted by atomic mass is 9.95. The first-order valence-electron chi connectivity index (χ1n) is 6.87. The number of para-hydroxylation sites is 2. The predicted molar refractivity (Wildman–Crippen MR) is 86.2 cm³/mol. The van der Waals surface area contributed by atoms with Crippen LogP contribution in [0.3, 0.4) is 0 Å². The van der Waals surface area contributed by atoms with Gasteiger partial charge >= 0.3 is 0 Å². The number of benzene rings is 1. The van der Waals surface area contributed by atoms with Crippen molar-refractivity contribution >= 4 is 17.3 Å². The van der Waals surface area contributed by atoms with Crippen LogP contribution in [0.1, 0.15) is 32.2 Å². The van der Waals surface area contributed by atoms with Crippen molar-refractivity contribution in [3.05, 3.63) is 35.7 Å².